The smallest absolute Gasteiger partial charge is 0.338 e. The Balaban J connectivity index is 1.56. The van der Waals surface area contributed by atoms with E-state index in [1.54, 1.807) is 13.0 Å². The monoisotopic (exact) mass is 468 g/mol. The molecule has 8 heteroatoms. The van der Waals surface area contributed by atoms with Crippen LogP contribution < -0.4 is 15.5 Å². The SMILES string of the molecule is CCOC(=O)C1=C(CN2CCN(c3ccc(C)cc3)CC2)NC(=O)N[C@@H]1c1ccccc1Cl. The van der Waals surface area contributed by atoms with E-state index in [1.165, 1.54) is 11.3 Å². The number of rotatable bonds is 6. The molecule has 2 aliphatic rings. The van der Waals surface area contributed by atoms with Crippen LogP contribution in [0.2, 0.25) is 5.02 Å². The van der Waals surface area contributed by atoms with Crippen molar-refractivity contribution >= 4 is 29.3 Å². The molecule has 4 rings (SSSR count). The summed E-state index contributed by atoms with van der Waals surface area (Å²) in [6.07, 6.45) is 0. The van der Waals surface area contributed by atoms with Crippen molar-refractivity contribution in [1.29, 1.82) is 0 Å². The van der Waals surface area contributed by atoms with E-state index in [0.717, 1.165) is 26.2 Å². The van der Waals surface area contributed by atoms with Gasteiger partial charge in [-0.15, -0.1) is 0 Å². The molecule has 1 saturated heterocycles. The van der Waals surface area contributed by atoms with Crippen LogP contribution >= 0.6 is 11.6 Å². The summed E-state index contributed by atoms with van der Waals surface area (Å²) in [6, 6.07) is 14.7. The largest absolute Gasteiger partial charge is 0.463 e. The number of anilines is 1. The van der Waals surface area contributed by atoms with Gasteiger partial charge in [0.25, 0.3) is 0 Å². The molecule has 174 valence electrons. The third-order valence-electron chi connectivity index (χ3n) is 6.02. The molecule has 0 aliphatic carbocycles. The van der Waals surface area contributed by atoms with Crippen molar-refractivity contribution in [3.8, 4) is 0 Å². The number of urea groups is 1. The molecule has 2 aliphatic heterocycles. The zero-order valence-corrected chi connectivity index (χ0v) is 19.7. The minimum absolute atomic E-state index is 0.244. The summed E-state index contributed by atoms with van der Waals surface area (Å²) in [5.41, 5.74) is 4.07. The van der Waals surface area contributed by atoms with Gasteiger partial charge in [0.1, 0.15) is 0 Å². The summed E-state index contributed by atoms with van der Waals surface area (Å²) < 4.78 is 5.35. The zero-order valence-electron chi connectivity index (χ0n) is 18.9. The highest BCUT2D eigenvalue weighted by Crippen LogP contribution is 2.32. The second-order valence-electron chi connectivity index (χ2n) is 8.26. The lowest BCUT2D eigenvalue weighted by atomic mass is 9.94. The maximum atomic E-state index is 13.0. The van der Waals surface area contributed by atoms with Crippen LogP contribution in [0, 0.1) is 6.92 Å². The molecule has 7 nitrogen and oxygen atoms in total. The Labute approximate surface area is 199 Å². The topological polar surface area (TPSA) is 73.9 Å². The molecule has 2 aromatic carbocycles. The van der Waals surface area contributed by atoms with Crippen molar-refractivity contribution in [3.63, 3.8) is 0 Å². The molecule has 0 aromatic heterocycles. The number of carbonyl (C=O) groups excluding carboxylic acids is 2. The molecular formula is C25H29ClN4O3. The van der Waals surface area contributed by atoms with Crippen molar-refractivity contribution in [2.45, 2.75) is 19.9 Å². The number of ether oxygens (including phenoxy) is 1. The maximum absolute atomic E-state index is 13.0. The molecule has 1 atom stereocenters. The molecule has 0 radical (unpaired) electrons. The molecule has 2 heterocycles. The molecule has 2 amide bonds. The standard InChI is InChI=1S/C25H29ClN4O3/c1-3-33-24(31)22-21(27-25(32)28-23(22)19-6-4-5-7-20(19)26)16-29-12-14-30(15-13-29)18-10-8-17(2)9-11-18/h4-11,23H,3,12-16H2,1-2H3,(H2,27,28,32)/t23-/m1/s1. The van der Waals surface area contributed by atoms with Gasteiger partial charge in [0.2, 0.25) is 0 Å². The summed E-state index contributed by atoms with van der Waals surface area (Å²) in [7, 11) is 0. The number of piperazine rings is 1. The molecule has 0 bridgehead atoms. The molecule has 0 spiro atoms. The molecule has 2 aromatic rings. The van der Waals surface area contributed by atoms with Crippen molar-refractivity contribution in [2.24, 2.45) is 0 Å². The first-order valence-corrected chi connectivity index (χ1v) is 11.6. The lowest BCUT2D eigenvalue weighted by Gasteiger charge is -2.38. The number of hydrogen-bond acceptors (Lipinski definition) is 5. The molecule has 1 fully saturated rings. The Hall–Kier alpha value is -3.03. The molecule has 0 saturated carbocycles. The third kappa shape index (κ3) is 5.31. The number of carbonyl (C=O) groups is 2. The van der Waals surface area contributed by atoms with Gasteiger partial charge < -0.3 is 20.3 Å². The Morgan fingerprint density at radius 2 is 1.79 bits per heavy atom. The summed E-state index contributed by atoms with van der Waals surface area (Å²) >= 11 is 6.41. The molecular weight excluding hydrogens is 440 g/mol. The maximum Gasteiger partial charge on any atom is 0.338 e. The highest BCUT2D eigenvalue weighted by molar-refractivity contribution is 6.31. The third-order valence-corrected chi connectivity index (χ3v) is 6.36. The number of halogens is 1. The van der Waals surface area contributed by atoms with Gasteiger partial charge in [0.05, 0.1) is 18.2 Å². The lowest BCUT2D eigenvalue weighted by Crippen LogP contribution is -2.51. The lowest BCUT2D eigenvalue weighted by molar-refractivity contribution is -0.139. The first-order chi connectivity index (χ1) is 16.0. The van der Waals surface area contributed by atoms with Crippen molar-refractivity contribution in [3.05, 3.63) is 76.0 Å². The fourth-order valence-corrected chi connectivity index (χ4v) is 4.52. The summed E-state index contributed by atoms with van der Waals surface area (Å²) in [5, 5.41) is 6.18. The Morgan fingerprint density at radius 3 is 2.45 bits per heavy atom. The number of aryl methyl sites for hydroxylation is 1. The van der Waals surface area contributed by atoms with Crippen LogP contribution in [-0.4, -0.2) is 56.2 Å². The van der Waals surface area contributed by atoms with Crippen LogP contribution in [0.5, 0.6) is 0 Å². The predicted octanol–water partition coefficient (Wildman–Crippen LogP) is 3.64. The van der Waals surface area contributed by atoms with Gasteiger partial charge in [-0.1, -0.05) is 47.5 Å². The van der Waals surface area contributed by atoms with Gasteiger partial charge in [0, 0.05) is 49.1 Å². The van der Waals surface area contributed by atoms with E-state index in [1.807, 2.05) is 18.2 Å². The summed E-state index contributed by atoms with van der Waals surface area (Å²) in [4.78, 5) is 30.1. The predicted molar refractivity (Wildman–Crippen MR) is 129 cm³/mol. The second-order valence-corrected chi connectivity index (χ2v) is 8.67. The van der Waals surface area contributed by atoms with Gasteiger partial charge in [-0.25, -0.2) is 9.59 Å². The van der Waals surface area contributed by atoms with E-state index in [2.05, 4.69) is 51.6 Å². The van der Waals surface area contributed by atoms with E-state index < -0.39 is 12.0 Å². The van der Waals surface area contributed by atoms with E-state index in [4.69, 9.17) is 16.3 Å². The van der Waals surface area contributed by atoms with E-state index in [9.17, 15) is 9.59 Å². The number of esters is 1. The van der Waals surface area contributed by atoms with Crippen molar-refractivity contribution in [1.82, 2.24) is 15.5 Å². The van der Waals surface area contributed by atoms with Crippen LogP contribution in [0.25, 0.3) is 0 Å². The number of nitrogens with zero attached hydrogens (tertiary/aromatic N) is 2. The molecule has 33 heavy (non-hydrogen) atoms. The Bertz CT molecular complexity index is 1050. The first-order valence-electron chi connectivity index (χ1n) is 11.2. The zero-order chi connectivity index (χ0) is 23.4. The molecule has 2 N–H and O–H groups in total. The fourth-order valence-electron chi connectivity index (χ4n) is 4.28. The fraction of sp³-hybridized carbons (Fsp3) is 0.360. The van der Waals surface area contributed by atoms with Gasteiger partial charge in [-0.2, -0.15) is 0 Å². The van der Waals surface area contributed by atoms with Crippen LogP contribution in [-0.2, 0) is 9.53 Å². The summed E-state index contributed by atoms with van der Waals surface area (Å²) in [6.45, 7) is 7.90. The Kier molecular flexibility index (Phi) is 7.20. The normalized spacial score (nSPS) is 19.2. The van der Waals surface area contributed by atoms with Crippen LogP contribution in [0.15, 0.2) is 59.8 Å². The summed E-state index contributed by atoms with van der Waals surface area (Å²) in [5.74, 6) is -0.455. The van der Waals surface area contributed by atoms with Crippen molar-refractivity contribution < 1.29 is 14.3 Å². The minimum Gasteiger partial charge on any atom is -0.463 e. The van der Waals surface area contributed by atoms with Gasteiger partial charge in [-0.05, 0) is 37.6 Å². The average molecular weight is 469 g/mol. The van der Waals surface area contributed by atoms with E-state index in [0.29, 0.717) is 28.4 Å². The Morgan fingerprint density at radius 1 is 1.09 bits per heavy atom. The number of amides is 2. The van der Waals surface area contributed by atoms with E-state index >= 15 is 0 Å². The first kappa shape index (κ1) is 23.1. The minimum atomic E-state index is -0.671. The highest BCUT2D eigenvalue weighted by atomic mass is 35.5. The van der Waals surface area contributed by atoms with Gasteiger partial charge in [0.15, 0.2) is 0 Å². The number of benzene rings is 2. The van der Waals surface area contributed by atoms with Crippen molar-refractivity contribution in [2.75, 3.05) is 44.2 Å². The van der Waals surface area contributed by atoms with E-state index in [-0.39, 0.29) is 12.6 Å². The second kappa shape index (κ2) is 10.3. The number of hydrogen-bond donors (Lipinski definition) is 2. The quantitative estimate of drug-likeness (QED) is 0.633. The molecule has 0 unspecified atom stereocenters. The van der Waals surface area contributed by atoms with Crippen LogP contribution in [0.4, 0.5) is 10.5 Å². The highest BCUT2D eigenvalue weighted by Gasteiger charge is 2.35. The average Bonchev–Trinajstić information content (AvgIpc) is 2.80. The van der Waals surface area contributed by atoms with Gasteiger partial charge in [-0.3, -0.25) is 4.90 Å². The van der Waals surface area contributed by atoms with Crippen LogP contribution in [0.3, 0.4) is 0 Å². The van der Waals surface area contributed by atoms with Crippen LogP contribution in [0.1, 0.15) is 24.1 Å². The number of nitrogens with one attached hydrogen (secondary N) is 2. The van der Waals surface area contributed by atoms with Gasteiger partial charge >= 0.3 is 12.0 Å².